The quantitative estimate of drug-likeness (QED) is 0.321. The molecule has 0 aliphatic rings. The zero-order chi connectivity index (χ0) is 18.6. The molecule has 0 aromatic heterocycles. The Labute approximate surface area is 187 Å². The Kier molecular flexibility index (Phi) is 7.86. The Morgan fingerprint density at radius 3 is 1.93 bits per heavy atom. The van der Waals surface area contributed by atoms with Crippen LogP contribution in [0.15, 0.2) is 83.3 Å². The monoisotopic (exact) mass is 454 g/mol. The van der Waals surface area contributed by atoms with E-state index in [1.807, 2.05) is 6.07 Å². The molecular formula is C19H13BrNaO5P. The number of rotatable bonds is 6. The molecule has 27 heavy (non-hydrogen) atoms. The molecule has 0 saturated heterocycles. The van der Waals surface area contributed by atoms with Gasteiger partial charge in [0.15, 0.2) is 5.78 Å². The van der Waals surface area contributed by atoms with Crippen molar-refractivity contribution >= 4 is 29.5 Å². The second-order valence-corrected chi connectivity index (χ2v) is 7.39. The molecule has 1 atom stereocenters. The fourth-order valence-electron chi connectivity index (χ4n) is 2.23. The SMILES string of the molecule is O=C(c1ccc(OP(=O)([O-])Oc2ccccc2)cc1)c1ccccc1Br.[Na+]. The van der Waals surface area contributed by atoms with E-state index in [9.17, 15) is 14.3 Å². The Bertz CT molecular complexity index is 963. The topological polar surface area (TPSA) is 75.7 Å². The summed E-state index contributed by atoms with van der Waals surface area (Å²) in [5.74, 6) is 0.0318. The van der Waals surface area contributed by atoms with Crippen molar-refractivity contribution in [3.05, 3.63) is 94.5 Å². The van der Waals surface area contributed by atoms with Crippen molar-refractivity contribution in [3.8, 4) is 11.5 Å². The third-order valence-corrected chi connectivity index (χ3v) is 4.97. The van der Waals surface area contributed by atoms with Gasteiger partial charge in [-0.15, -0.1) is 0 Å². The number of hydrogen-bond acceptors (Lipinski definition) is 5. The Morgan fingerprint density at radius 2 is 1.33 bits per heavy atom. The maximum absolute atomic E-state index is 12.5. The minimum Gasteiger partial charge on any atom is -0.736 e. The summed E-state index contributed by atoms with van der Waals surface area (Å²) in [6, 6.07) is 20.9. The van der Waals surface area contributed by atoms with Crippen LogP contribution < -0.4 is 43.5 Å². The van der Waals surface area contributed by atoms with Crippen LogP contribution in [0.4, 0.5) is 0 Å². The van der Waals surface area contributed by atoms with Crippen molar-refractivity contribution in [1.29, 1.82) is 0 Å². The van der Waals surface area contributed by atoms with Crippen LogP contribution in [0.3, 0.4) is 0 Å². The van der Waals surface area contributed by atoms with Gasteiger partial charge < -0.3 is 13.9 Å². The molecule has 0 N–H and O–H groups in total. The van der Waals surface area contributed by atoms with E-state index in [4.69, 9.17) is 9.05 Å². The molecule has 0 aliphatic carbocycles. The average Bonchev–Trinajstić information content (AvgIpc) is 2.62. The average molecular weight is 455 g/mol. The molecule has 3 aromatic rings. The number of phosphoric acid groups is 1. The van der Waals surface area contributed by atoms with E-state index in [-0.39, 0.29) is 46.8 Å². The van der Waals surface area contributed by atoms with Gasteiger partial charge in [0, 0.05) is 15.6 Å². The standard InChI is InChI=1S/C19H14BrO5P.Na/c20-18-9-5-4-8-17(18)19(21)14-10-12-16(13-11-14)25-26(22,23)24-15-6-2-1-3-7-15;/h1-13H,(H,22,23);/q;+1/p-1. The van der Waals surface area contributed by atoms with E-state index in [0.29, 0.717) is 15.6 Å². The van der Waals surface area contributed by atoms with Crippen molar-refractivity contribution in [2.45, 2.75) is 0 Å². The molecule has 3 aromatic carbocycles. The third-order valence-electron chi connectivity index (χ3n) is 3.41. The van der Waals surface area contributed by atoms with Crippen molar-refractivity contribution in [1.82, 2.24) is 0 Å². The van der Waals surface area contributed by atoms with Crippen molar-refractivity contribution in [2.75, 3.05) is 0 Å². The summed E-state index contributed by atoms with van der Waals surface area (Å²) < 4.78 is 22.5. The first-order valence-electron chi connectivity index (χ1n) is 7.59. The van der Waals surface area contributed by atoms with Gasteiger partial charge in [-0.2, -0.15) is 0 Å². The zero-order valence-electron chi connectivity index (χ0n) is 14.4. The summed E-state index contributed by atoms with van der Waals surface area (Å²) in [5.41, 5.74) is 0.928. The first-order chi connectivity index (χ1) is 12.4. The fourth-order valence-corrected chi connectivity index (χ4v) is 3.49. The largest absolute Gasteiger partial charge is 1.00 e. The second kappa shape index (κ2) is 9.69. The van der Waals surface area contributed by atoms with Gasteiger partial charge in [-0.1, -0.05) is 46.3 Å². The minimum atomic E-state index is -4.58. The van der Waals surface area contributed by atoms with Crippen LogP contribution in [0.5, 0.6) is 11.5 Å². The molecule has 132 valence electrons. The molecule has 5 nitrogen and oxygen atoms in total. The zero-order valence-corrected chi connectivity index (χ0v) is 18.9. The van der Waals surface area contributed by atoms with Crippen molar-refractivity contribution in [3.63, 3.8) is 0 Å². The van der Waals surface area contributed by atoms with Crippen LogP contribution >= 0.6 is 23.8 Å². The molecule has 0 fully saturated rings. The van der Waals surface area contributed by atoms with Crippen molar-refractivity contribution < 1.29 is 52.9 Å². The van der Waals surface area contributed by atoms with Gasteiger partial charge >= 0.3 is 37.4 Å². The van der Waals surface area contributed by atoms with Gasteiger partial charge in [0.05, 0.1) is 0 Å². The van der Waals surface area contributed by atoms with Crippen LogP contribution in [-0.2, 0) is 4.57 Å². The maximum Gasteiger partial charge on any atom is 1.00 e. The van der Waals surface area contributed by atoms with Crippen LogP contribution in [0, 0.1) is 0 Å². The predicted octanol–water partition coefficient (Wildman–Crippen LogP) is 1.61. The molecule has 8 heteroatoms. The van der Waals surface area contributed by atoms with E-state index in [0.717, 1.165) is 0 Å². The smallest absolute Gasteiger partial charge is 0.736 e. The van der Waals surface area contributed by atoms with Crippen molar-refractivity contribution in [2.24, 2.45) is 0 Å². The van der Waals surface area contributed by atoms with Gasteiger partial charge in [0.25, 0.3) is 0 Å². The van der Waals surface area contributed by atoms with Gasteiger partial charge in [0.2, 0.25) is 0 Å². The van der Waals surface area contributed by atoms with Crippen LogP contribution in [0.2, 0.25) is 0 Å². The molecule has 0 spiro atoms. The number of halogens is 1. The van der Waals surface area contributed by atoms with Gasteiger partial charge in [-0.25, -0.2) is 4.57 Å². The molecule has 0 aliphatic heterocycles. The van der Waals surface area contributed by atoms with Gasteiger partial charge in [0.1, 0.15) is 11.5 Å². The van der Waals surface area contributed by atoms with Crippen LogP contribution in [0.1, 0.15) is 15.9 Å². The summed E-state index contributed by atoms with van der Waals surface area (Å²) in [6.07, 6.45) is 0. The molecule has 3 rings (SSSR count). The molecule has 0 bridgehead atoms. The fraction of sp³-hybridized carbons (Fsp3) is 0. The molecule has 0 radical (unpaired) electrons. The van der Waals surface area contributed by atoms with E-state index < -0.39 is 7.82 Å². The molecule has 0 amide bonds. The first kappa shape index (κ1) is 21.9. The normalized spacial score (nSPS) is 12.4. The molecule has 0 saturated carbocycles. The van der Waals surface area contributed by atoms with Gasteiger partial charge in [-0.3, -0.25) is 4.79 Å². The van der Waals surface area contributed by atoms with Gasteiger partial charge in [-0.05, 0) is 48.5 Å². The number of hydrogen-bond donors (Lipinski definition) is 0. The number of carbonyl (C=O) groups is 1. The van der Waals surface area contributed by atoms with E-state index in [1.165, 1.54) is 36.4 Å². The molecule has 1 unspecified atom stereocenters. The number of phosphoric ester groups is 1. The third kappa shape index (κ3) is 6.04. The summed E-state index contributed by atoms with van der Waals surface area (Å²) in [6.45, 7) is 0. The van der Waals surface area contributed by atoms with Crippen LogP contribution in [-0.4, -0.2) is 5.78 Å². The number of ketones is 1. The summed E-state index contributed by atoms with van der Waals surface area (Å²) >= 11 is 3.34. The summed E-state index contributed by atoms with van der Waals surface area (Å²) in [7, 11) is -4.58. The Morgan fingerprint density at radius 1 is 0.815 bits per heavy atom. The Balaban J connectivity index is 0.00000261. The molecular weight excluding hydrogens is 442 g/mol. The van der Waals surface area contributed by atoms with E-state index in [1.54, 1.807) is 36.4 Å². The number of para-hydroxylation sites is 1. The number of carbonyl (C=O) groups excluding carboxylic acids is 1. The van der Waals surface area contributed by atoms with E-state index >= 15 is 0 Å². The maximum atomic E-state index is 12.5. The Hall–Kier alpha value is -1.40. The second-order valence-electron chi connectivity index (χ2n) is 5.28. The number of benzene rings is 3. The van der Waals surface area contributed by atoms with Crippen LogP contribution in [0.25, 0.3) is 0 Å². The summed E-state index contributed by atoms with van der Waals surface area (Å²) in [4.78, 5) is 24.5. The minimum absolute atomic E-state index is 0. The first-order valence-corrected chi connectivity index (χ1v) is 9.84. The van der Waals surface area contributed by atoms with E-state index in [2.05, 4.69) is 15.9 Å². The predicted molar refractivity (Wildman–Crippen MR) is 99.3 cm³/mol. The summed E-state index contributed by atoms with van der Waals surface area (Å²) in [5, 5.41) is 0. The molecule has 0 heterocycles.